The van der Waals surface area contributed by atoms with Gasteiger partial charge >= 0.3 is 0 Å². The zero-order valence-electron chi connectivity index (χ0n) is 12.9. The maximum atomic E-state index is 5.28. The van der Waals surface area contributed by atoms with Crippen molar-refractivity contribution in [1.29, 1.82) is 0 Å². The SMILES string of the molecule is COc1ccc(C(C)(C)CCNC(C)(C)C)cc1Br. The Morgan fingerprint density at radius 3 is 2.26 bits per heavy atom. The van der Waals surface area contributed by atoms with Crippen LogP contribution in [0, 0.1) is 0 Å². The molecular formula is C16H26BrNO. The van der Waals surface area contributed by atoms with Crippen LogP contribution in [0.1, 0.15) is 46.6 Å². The van der Waals surface area contributed by atoms with E-state index in [0.29, 0.717) is 0 Å². The molecule has 0 radical (unpaired) electrons. The lowest BCUT2D eigenvalue weighted by atomic mass is 9.81. The van der Waals surface area contributed by atoms with E-state index in [4.69, 9.17) is 4.74 Å². The summed E-state index contributed by atoms with van der Waals surface area (Å²) >= 11 is 3.56. The van der Waals surface area contributed by atoms with Gasteiger partial charge in [0.15, 0.2) is 0 Å². The van der Waals surface area contributed by atoms with Crippen LogP contribution in [0.4, 0.5) is 0 Å². The van der Waals surface area contributed by atoms with Crippen LogP contribution in [0.2, 0.25) is 0 Å². The van der Waals surface area contributed by atoms with E-state index in [1.165, 1.54) is 5.56 Å². The summed E-state index contributed by atoms with van der Waals surface area (Å²) in [5, 5.41) is 3.55. The quantitative estimate of drug-likeness (QED) is 0.858. The highest BCUT2D eigenvalue weighted by Gasteiger charge is 2.22. The number of halogens is 1. The van der Waals surface area contributed by atoms with Gasteiger partial charge in [-0.2, -0.15) is 0 Å². The van der Waals surface area contributed by atoms with Gasteiger partial charge in [-0.15, -0.1) is 0 Å². The highest BCUT2D eigenvalue weighted by molar-refractivity contribution is 9.10. The second kappa shape index (κ2) is 6.27. The fourth-order valence-corrected chi connectivity index (χ4v) is 2.52. The zero-order valence-corrected chi connectivity index (χ0v) is 14.5. The second-order valence-electron chi connectivity index (χ2n) is 6.66. The molecule has 0 amide bonds. The van der Waals surface area contributed by atoms with Crippen LogP contribution in [0.3, 0.4) is 0 Å². The zero-order chi connectivity index (χ0) is 14.7. The van der Waals surface area contributed by atoms with E-state index in [0.717, 1.165) is 23.2 Å². The minimum absolute atomic E-state index is 0.146. The van der Waals surface area contributed by atoms with Crippen molar-refractivity contribution >= 4 is 15.9 Å². The molecule has 0 atom stereocenters. The molecule has 108 valence electrons. The molecule has 0 aliphatic heterocycles. The van der Waals surface area contributed by atoms with Crippen molar-refractivity contribution < 1.29 is 4.74 Å². The molecule has 0 saturated heterocycles. The topological polar surface area (TPSA) is 21.3 Å². The first-order chi connectivity index (χ1) is 8.65. The Balaban J connectivity index is 2.74. The average molecular weight is 328 g/mol. The summed E-state index contributed by atoms with van der Waals surface area (Å²) in [7, 11) is 1.69. The van der Waals surface area contributed by atoms with E-state index in [2.05, 4.69) is 68.0 Å². The maximum absolute atomic E-state index is 5.28. The first-order valence-corrected chi connectivity index (χ1v) is 7.54. The predicted molar refractivity (Wildman–Crippen MR) is 86.1 cm³/mol. The number of hydrogen-bond acceptors (Lipinski definition) is 2. The smallest absolute Gasteiger partial charge is 0.133 e. The lowest BCUT2D eigenvalue weighted by Gasteiger charge is -2.29. The first-order valence-electron chi connectivity index (χ1n) is 6.75. The fourth-order valence-electron chi connectivity index (χ4n) is 1.98. The molecule has 0 aliphatic rings. The van der Waals surface area contributed by atoms with E-state index in [-0.39, 0.29) is 11.0 Å². The molecular weight excluding hydrogens is 302 g/mol. The van der Waals surface area contributed by atoms with Gasteiger partial charge < -0.3 is 10.1 Å². The summed E-state index contributed by atoms with van der Waals surface area (Å²) in [5.41, 5.74) is 1.65. The molecule has 3 heteroatoms. The van der Waals surface area contributed by atoms with Crippen molar-refractivity contribution in [2.45, 2.75) is 52.0 Å². The number of rotatable bonds is 5. The molecule has 0 aromatic heterocycles. The van der Waals surface area contributed by atoms with E-state index < -0.39 is 0 Å². The second-order valence-corrected chi connectivity index (χ2v) is 7.51. The number of benzene rings is 1. The van der Waals surface area contributed by atoms with Gasteiger partial charge in [-0.3, -0.25) is 0 Å². The first kappa shape index (κ1) is 16.5. The van der Waals surface area contributed by atoms with Crippen LogP contribution in [0.5, 0.6) is 5.75 Å². The molecule has 1 N–H and O–H groups in total. The molecule has 1 aromatic rings. The Morgan fingerprint density at radius 2 is 1.79 bits per heavy atom. The highest BCUT2D eigenvalue weighted by Crippen LogP contribution is 2.33. The molecule has 2 nitrogen and oxygen atoms in total. The van der Waals surface area contributed by atoms with E-state index >= 15 is 0 Å². The molecule has 1 rings (SSSR count). The fraction of sp³-hybridized carbons (Fsp3) is 0.625. The van der Waals surface area contributed by atoms with Gasteiger partial charge in [0.25, 0.3) is 0 Å². The molecule has 19 heavy (non-hydrogen) atoms. The monoisotopic (exact) mass is 327 g/mol. The van der Waals surface area contributed by atoms with Gasteiger partial charge in [0.2, 0.25) is 0 Å². The lowest BCUT2D eigenvalue weighted by molar-refractivity contribution is 0.378. The Kier molecular flexibility index (Phi) is 5.45. The van der Waals surface area contributed by atoms with E-state index in [1.807, 2.05) is 6.07 Å². The van der Waals surface area contributed by atoms with Gasteiger partial charge in [-0.1, -0.05) is 19.9 Å². The van der Waals surface area contributed by atoms with Crippen LogP contribution < -0.4 is 10.1 Å². The van der Waals surface area contributed by atoms with Gasteiger partial charge in [0, 0.05) is 5.54 Å². The van der Waals surface area contributed by atoms with Crippen molar-refractivity contribution in [3.05, 3.63) is 28.2 Å². The third kappa shape index (κ3) is 5.15. The normalized spacial score (nSPS) is 12.6. The Bertz CT molecular complexity index is 421. The molecule has 0 bridgehead atoms. The molecule has 0 aliphatic carbocycles. The van der Waals surface area contributed by atoms with Crippen molar-refractivity contribution in [3.63, 3.8) is 0 Å². The lowest BCUT2D eigenvalue weighted by Crippen LogP contribution is -2.38. The van der Waals surface area contributed by atoms with E-state index in [9.17, 15) is 0 Å². The Labute approximate surface area is 126 Å². The minimum atomic E-state index is 0.146. The number of methoxy groups -OCH3 is 1. The third-order valence-corrected chi connectivity index (χ3v) is 3.96. The highest BCUT2D eigenvalue weighted by atomic mass is 79.9. The molecule has 0 heterocycles. The van der Waals surface area contributed by atoms with Crippen LogP contribution in [-0.4, -0.2) is 19.2 Å². The predicted octanol–water partition coefficient (Wildman–Crippen LogP) is 4.51. The largest absolute Gasteiger partial charge is 0.496 e. The van der Waals surface area contributed by atoms with Crippen LogP contribution >= 0.6 is 15.9 Å². The summed E-state index contributed by atoms with van der Waals surface area (Å²) in [6, 6.07) is 6.34. The van der Waals surface area contributed by atoms with Crippen LogP contribution in [0.25, 0.3) is 0 Å². The number of nitrogens with one attached hydrogen (secondary N) is 1. The molecule has 0 unspecified atom stereocenters. The van der Waals surface area contributed by atoms with Gasteiger partial charge in [0.1, 0.15) is 5.75 Å². The van der Waals surface area contributed by atoms with Crippen molar-refractivity contribution in [1.82, 2.24) is 5.32 Å². The summed E-state index contributed by atoms with van der Waals surface area (Å²) in [6.45, 7) is 12.2. The van der Waals surface area contributed by atoms with Crippen molar-refractivity contribution in [2.24, 2.45) is 0 Å². The number of hydrogen-bond donors (Lipinski definition) is 1. The summed E-state index contributed by atoms with van der Waals surface area (Å²) in [4.78, 5) is 0. The molecule has 1 aromatic carbocycles. The standard InChI is InChI=1S/C16H26BrNO/c1-15(2,3)18-10-9-16(4,5)12-7-8-14(19-6)13(17)11-12/h7-8,11,18H,9-10H2,1-6H3. The van der Waals surface area contributed by atoms with Gasteiger partial charge in [0.05, 0.1) is 11.6 Å². The van der Waals surface area contributed by atoms with Crippen LogP contribution in [0.15, 0.2) is 22.7 Å². The van der Waals surface area contributed by atoms with Gasteiger partial charge in [-0.25, -0.2) is 0 Å². The third-order valence-electron chi connectivity index (χ3n) is 3.34. The number of ether oxygens (including phenoxy) is 1. The Morgan fingerprint density at radius 1 is 1.16 bits per heavy atom. The van der Waals surface area contributed by atoms with Crippen LogP contribution in [-0.2, 0) is 5.41 Å². The molecule has 0 spiro atoms. The van der Waals surface area contributed by atoms with Crippen molar-refractivity contribution in [3.8, 4) is 5.75 Å². The molecule has 0 fully saturated rings. The maximum Gasteiger partial charge on any atom is 0.133 e. The summed E-state index contributed by atoms with van der Waals surface area (Å²) in [6.07, 6.45) is 1.10. The summed E-state index contributed by atoms with van der Waals surface area (Å²) in [5.74, 6) is 0.882. The van der Waals surface area contributed by atoms with Crippen molar-refractivity contribution in [2.75, 3.05) is 13.7 Å². The summed E-state index contributed by atoms with van der Waals surface area (Å²) < 4.78 is 6.30. The van der Waals surface area contributed by atoms with E-state index in [1.54, 1.807) is 7.11 Å². The Hall–Kier alpha value is -0.540. The minimum Gasteiger partial charge on any atom is -0.496 e. The van der Waals surface area contributed by atoms with Gasteiger partial charge in [-0.05, 0) is 72.8 Å². The molecule has 0 saturated carbocycles. The average Bonchev–Trinajstić information content (AvgIpc) is 2.26.